The van der Waals surface area contributed by atoms with Crippen LogP contribution in [-0.4, -0.2) is 23.5 Å². The summed E-state index contributed by atoms with van der Waals surface area (Å²) >= 11 is 0. The molecule has 0 radical (unpaired) electrons. The number of rotatable bonds is 7. The van der Waals surface area contributed by atoms with E-state index in [0.717, 1.165) is 11.1 Å². The van der Waals surface area contributed by atoms with E-state index in [9.17, 15) is 9.59 Å². The molecule has 27 heavy (non-hydrogen) atoms. The molecule has 0 fully saturated rings. The quantitative estimate of drug-likeness (QED) is 0.669. The second kappa shape index (κ2) is 8.35. The van der Waals surface area contributed by atoms with Crippen LogP contribution in [0.2, 0.25) is 0 Å². The van der Waals surface area contributed by atoms with E-state index in [4.69, 9.17) is 8.94 Å². The van der Waals surface area contributed by atoms with Crippen molar-refractivity contribution in [3.8, 4) is 0 Å². The van der Waals surface area contributed by atoms with E-state index in [-0.39, 0.29) is 18.4 Å². The van der Waals surface area contributed by atoms with Crippen LogP contribution in [-0.2, 0) is 16.0 Å². The number of anilines is 1. The predicted molar refractivity (Wildman–Crippen MR) is 99.2 cm³/mol. The van der Waals surface area contributed by atoms with Gasteiger partial charge in [0.1, 0.15) is 11.5 Å². The van der Waals surface area contributed by atoms with Crippen LogP contribution in [0.5, 0.6) is 0 Å². The highest BCUT2D eigenvalue weighted by atomic mass is 16.5. The van der Waals surface area contributed by atoms with Gasteiger partial charge in [-0.2, -0.15) is 0 Å². The number of benzene rings is 1. The van der Waals surface area contributed by atoms with Crippen LogP contribution in [0.25, 0.3) is 0 Å². The van der Waals surface area contributed by atoms with Gasteiger partial charge >= 0.3 is 0 Å². The number of aryl methyl sites for hydroxylation is 2. The van der Waals surface area contributed by atoms with E-state index in [0.29, 0.717) is 23.8 Å². The number of amides is 2. The molecule has 2 heterocycles. The predicted octanol–water partition coefficient (Wildman–Crippen LogP) is 2.97. The van der Waals surface area contributed by atoms with Crippen LogP contribution in [0.15, 0.2) is 57.7 Å². The van der Waals surface area contributed by atoms with Crippen molar-refractivity contribution in [2.45, 2.75) is 26.2 Å². The topological polar surface area (TPSA) is 97.4 Å². The molecule has 7 nitrogen and oxygen atoms in total. The first-order chi connectivity index (χ1) is 13.0. The van der Waals surface area contributed by atoms with Gasteiger partial charge in [-0.15, -0.1) is 0 Å². The maximum absolute atomic E-state index is 12.7. The third kappa shape index (κ3) is 5.07. The number of carbonyl (C=O) groups excluding carboxylic acids is 2. The van der Waals surface area contributed by atoms with Crippen molar-refractivity contribution < 1.29 is 18.5 Å². The van der Waals surface area contributed by atoms with Crippen LogP contribution in [0.1, 0.15) is 28.6 Å². The minimum Gasteiger partial charge on any atom is -0.469 e. The molecular weight excluding hydrogens is 346 g/mol. The Balaban J connectivity index is 1.65. The summed E-state index contributed by atoms with van der Waals surface area (Å²) in [5, 5.41) is 8.95. The molecular formula is C20H21N3O4. The molecule has 2 N–H and O–H groups in total. The van der Waals surface area contributed by atoms with Gasteiger partial charge in [-0.1, -0.05) is 35.0 Å². The second-order valence-corrected chi connectivity index (χ2v) is 6.34. The highest BCUT2D eigenvalue weighted by Gasteiger charge is 2.23. The van der Waals surface area contributed by atoms with Crippen LogP contribution in [0.4, 0.5) is 5.82 Å². The number of nitrogens with one attached hydrogen (secondary N) is 2. The van der Waals surface area contributed by atoms with Gasteiger partial charge in [-0.05, 0) is 31.5 Å². The lowest BCUT2D eigenvalue weighted by Crippen LogP contribution is -2.36. The molecule has 3 aromatic rings. The van der Waals surface area contributed by atoms with Gasteiger partial charge in [0.05, 0.1) is 18.7 Å². The summed E-state index contributed by atoms with van der Waals surface area (Å²) in [6, 6.07) is 13.0. The Morgan fingerprint density at radius 3 is 2.56 bits per heavy atom. The van der Waals surface area contributed by atoms with Gasteiger partial charge in [-0.3, -0.25) is 9.59 Å². The molecule has 0 saturated heterocycles. The average molecular weight is 367 g/mol. The fraction of sp³-hybridized carbons (Fsp3) is 0.250. The number of aromatic nitrogens is 1. The molecule has 3 rings (SSSR count). The lowest BCUT2D eigenvalue weighted by Gasteiger charge is -2.16. The van der Waals surface area contributed by atoms with Gasteiger partial charge in [-0.25, -0.2) is 0 Å². The van der Waals surface area contributed by atoms with Gasteiger partial charge in [0.2, 0.25) is 11.8 Å². The number of furan rings is 1. The molecule has 1 unspecified atom stereocenters. The van der Waals surface area contributed by atoms with E-state index in [1.807, 2.05) is 37.3 Å². The van der Waals surface area contributed by atoms with Crippen LogP contribution < -0.4 is 10.6 Å². The zero-order chi connectivity index (χ0) is 19.2. The van der Waals surface area contributed by atoms with Crippen molar-refractivity contribution in [3.05, 3.63) is 71.4 Å². The Kier molecular flexibility index (Phi) is 5.71. The first-order valence-corrected chi connectivity index (χ1v) is 8.61. The zero-order valence-corrected chi connectivity index (χ0v) is 15.2. The summed E-state index contributed by atoms with van der Waals surface area (Å²) in [5.41, 5.74) is 1.97. The number of nitrogens with zero attached hydrogens (tertiary/aromatic N) is 1. The molecule has 7 heteroatoms. The largest absolute Gasteiger partial charge is 0.469 e. The summed E-state index contributed by atoms with van der Waals surface area (Å²) in [4.78, 5) is 24.8. The van der Waals surface area contributed by atoms with Gasteiger partial charge in [0.25, 0.3) is 0 Å². The molecule has 1 atom stereocenters. The molecule has 0 bridgehead atoms. The van der Waals surface area contributed by atoms with Crippen LogP contribution in [0.3, 0.4) is 0 Å². The highest BCUT2D eigenvalue weighted by molar-refractivity contribution is 5.95. The monoisotopic (exact) mass is 367 g/mol. The Morgan fingerprint density at radius 1 is 1.15 bits per heavy atom. The SMILES string of the molecule is Cc1ccc(C(Cc2ccco2)C(=O)NCC(=O)Nc2cc(C)on2)cc1. The van der Waals surface area contributed by atoms with E-state index in [1.54, 1.807) is 25.3 Å². The first-order valence-electron chi connectivity index (χ1n) is 8.61. The zero-order valence-electron chi connectivity index (χ0n) is 15.2. The van der Waals surface area contributed by atoms with Crippen LogP contribution in [0, 0.1) is 13.8 Å². The molecule has 140 valence electrons. The van der Waals surface area contributed by atoms with Crippen LogP contribution >= 0.6 is 0 Å². The molecule has 0 aliphatic rings. The van der Waals surface area contributed by atoms with Crippen molar-refractivity contribution in [3.63, 3.8) is 0 Å². The second-order valence-electron chi connectivity index (χ2n) is 6.34. The van der Waals surface area contributed by atoms with Crippen molar-refractivity contribution in [1.29, 1.82) is 0 Å². The smallest absolute Gasteiger partial charge is 0.245 e. The Morgan fingerprint density at radius 2 is 1.93 bits per heavy atom. The summed E-state index contributed by atoms with van der Waals surface area (Å²) < 4.78 is 10.3. The fourth-order valence-corrected chi connectivity index (χ4v) is 2.69. The lowest BCUT2D eigenvalue weighted by molar-refractivity contribution is -0.125. The number of hydrogen-bond donors (Lipinski definition) is 2. The Labute approximate surface area is 156 Å². The average Bonchev–Trinajstić information content (AvgIpc) is 3.30. The minimum absolute atomic E-state index is 0.161. The third-order valence-corrected chi connectivity index (χ3v) is 4.10. The molecule has 2 amide bonds. The van der Waals surface area contributed by atoms with E-state index < -0.39 is 5.92 Å². The summed E-state index contributed by atoms with van der Waals surface area (Å²) in [6.45, 7) is 3.55. The Hall–Kier alpha value is -3.35. The van der Waals surface area contributed by atoms with Crippen molar-refractivity contribution in [1.82, 2.24) is 10.5 Å². The van der Waals surface area contributed by atoms with E-state index >= 15 is 0 Å². The normalized spacial score (nSPS) is 11.8. The molecule has 1 aromatic carbocycles. The molecule has 0 aliphatic carbocycles. The van der Waals surface area contributed by atoms with Crippen molar-refractivity contribution >= 4 is 17.6 Å². The maximum Gasteiger partial charge on any atom is 0.245 e. The molecule has 0 spiro atoms. The molecule has 2 aromatic heterocycles. The van der Waals surface area contributed by atoms with Gasteiger partial charge in [0.15, 0.2) is 5.82 Å². The van der Waals surface area contributed by atoms with E-state index in [1.165, 1.54) is 0 Å². The molecule has 0 saturated carbocycles. The van der Waals surface area contributed by atoms with Gasteiger partial charge < -0.3 is 19.6 Å². The lowest BCUT2D eigenvalue weighted by atomic mass is 9.93. The van der Waals surface area contributed by atoms with Crippen molar-refractivity contribution in [2.24, 2.45) is 0 Å². The standard InChI is InChI=1S/C20H21N3O4/c1-13-5-7-15(8-6-13)17(11-16-4-3-9-26-16)20(25)21-12-19(24)22-18-10-14(2)27-23-18/h3-10,17H,11-12H2,1-2H3,(H,21,25)(H,22,23,24). The summed E-state index contributed by atoms with van der Waals surface area (Å²) in [7, 11) is 0. The number of hydrogen-bond acceptors (Lipinski definition) is 5. The van der Waals surface area contributed by atoms with Crippen molar-refractivity contribution in [2.75, 3.05) is 11.9 Å². The molecule has 0 aliphatic heterocycles. The third-order valence-electron chi connectivity index (χ3n) is 4.10. The highest BCUT2D eigenvalue weighted by Crippen LogP contribution is 2.22. The first kappa shape index (κ1) is 18.4. The number of carbonyl (C=O) groups is 2. The fourth-order valence-electron chi connectivity index (χ4n) is 2.69. The minimum atomic E-state index is -0.459. The maximum atomic E-state index is 12.7. The van der Waals surface area contributed by atoms with Gasteiger partial charge in [0, 0.05) is 12.5 Å². The summed E-state index contributed by atoms with van der Waals surface area (Å²) in [5.74, 6) is 0.528. The Bertz CT molecular complexity index is 898. The summed E-state index contributed by atoms with van der Waals surface area (Å²) in [6.07, 6.45) is 1.98. The van der Waals surface area contributed by atoms with E-state index in [2.05, 4.69) is 15.8 Å².